The van der Waals surface area contributed by atoms with Gasteiger partial charge in [-0.15, -0.1) is 0 Å². The van der Waals surface area contributed by atoms with Crippen LogP contribution in [0.3, 0.4) is 0 Å². The van der Waals surface area contributed by atoms with Crippen molar-refractivity contribution in [3.63, 3.8) is 0 Å². The van der Waals surface area contributed by atoms with Gasteiger partial charge in [-0.05, 0) is 49.2 Å². The van der Waals surface area contributed by atoms with E-state index in [1.807, 2.05) is 0 Å². The molecule has 1 N–H and O–H groups in total. The van der Waals surface area contributed by atoms with Crippen LogP contribution >= 0.6 is 0 Å². The molecular weight excluding hydrogens is 463 g/mol. The standard InChI is InChI=1S/C25H26F3N3O4/c26-25(27,28)19-7-5-18(6-8-19)23(33)30-11-9-17(10-12-30)22(32)29-21-4-2-1-3-20(21)24(34)31-13-15-35-16-14-31/h1-8,17H,9-16H2,(H,29,32). The molecule has 10 heteroatoms. The summed E-state index contributed by atoms with van der Waals surface area (Å²) in [7, 11) is 0. The van der Waals surface area contributed by atoms with E-state index in [4.69, 9.17) is 4.74 Å². The van der Waals surface area contributed by atoms with Crippen LogP contribution in [0.1, 0.15) is 39.1 Å². The Bertz CT molecular complexity index is 1070. The molecule has 35 heavy (non-hydrogen) atoms. The molecule has 0 saturated carbocycles. The van der Waals surface area contributed by atoms with Gasteiger partial charge in [-0.25, -0.2) is 0 Å². The molecule has 0 spiro atoms. The Balaban J connectivity index is 1.34. The molecule has 2 aromatic carbocycles. The van der Waals surface area contributed by atoms with Crippen molar-refractivity contribution in [1.82, 2.24) is 9.80 Å². The van der Waals surface area contributed by atoms with Crippen molar-refractivity contribution in [2.24, 2.45) is 5.92 Å². The lowest BCUT2D eigenvalue weighted by Gasteiger charge is -2.32. The highest BCUT2D eigenvalue weighted by Crippen LogP contribution is 2.29. The lowest BCUT2D eigenvalue weighted by molar-refractivity contribution is -0.137. The molecule has 2 aromatic rings. The van der Waals surface area contributed by atoms with E-state index in [0.29, 0.717) is 63.5 Å². The summed E-state index contributed by atoms with van der Waals surface area (Å²) in [5.41, 5.74) is 0.225. The average Bonchev–Trinajstić information content (AvgIpc) is 2.88. The van der Waals surface area contributed by atoms with Crippen LogP contribution in [-0.2, 0) is 15.7 Å². The highest BCUT2D eigenvalue weighted by molar-refractivity contribution is 6.04. The number of nitrogens with zero attached hydrogens (tertiary/aromatic N) is 2. The first kappa shape index (κ1) is 24.7. The molecule has 2 aliphatic heterocycles. The molecule has 0 aromatic heterocycles. The second kappa shape index (κ2) is 10.5. The van der Waals surface area contributed by atoms with Crippen LogP contribution in [0.25, 0.3) is 0 Å². The summed E-state index contributed by atoms with van der Waals surface area (Å²) in [4.78, 5) is 41.8. The van der Waals surface area contributed by atoms with Crippen molar-refractivity contribution < 1.29 is 32.3 Å². The van der Waals surface area contributed by atoms with E-state index in [-0.39, 0.29) is 29.2 Å². The molecule has 3 amide bonds. The van der Waals surface area contributed by atoms with Crippen LogP contribution in [0.2, 0.25) is 0 Å². The fraction of sp³-hybridized carbons (Fsp3) is 0.400. The monoisotopic (exact) mass is 489 g/mol. The number of alkyl halides is 3. The summed E-state index contributed by atoms with van der Waals surface area (Å²) in [6, 6.07) is 11.0. The van der Waals surface area contributed by atoms with Crippen molar-refractivity contribution in [3.05, 3.63) is 65.2 Å². The van der Waals surface area contributed by atoms with E-state index in [1.165, 1.54) is 12.1 Å². The van der Waals surface area contributed by atoms with Crippen molar-refractivity contribution in [3.8, 4) is 0 Å². The number of nitrogens with one attached hydrogen (secondary N) is 1. The first-order valence-corrected chi connectivity index (χ1v) is 11.5. The number of benzene rings is 2. The number of para-hydroxylation sites is 1. The number of piperidine rings is 1. The van der Waals surface area contributed by atoms with Crippen LogP contribution in [0, 0.1) is 5.92 Å². The third-order valence-electron chi connectivity index (χ3n) is 6.33. The number of carbonyl (C=O) groups excluding carboxylic acids is 3. The summed E-state index contributed by atoms with van der Waals surface area (Å²) in [6.07, 6.45) is -3.63. The molecule has 2 heterocycles. The van der Waals surface area contributed by atoms with Crippen molar-refractivity contribution in [1.29, 1.82) is 0 Å². The molecule has 7 nitrogen and oxygen atoms in total. The topological polar surface area (TPSA) is 79.0 Å². The van der Waals surface area contributed by atoms with Gasteiger partial charge >= 0.3 is 6.18 Å². The fourth-order valence-corrected chi connectivity index (χ4v) is 4.28. The number of carbonyl (C=O) groups is 3. The van der Waals surface area contributed by atoms with E-state index in [0.717, 1.165) is 12.1 Å². The lowest BCUT2D eigenvalue weighted by Crippen LogP contribution is -2.42. The van der Waals surface area contributed by atoms with Gasteiger partial charge in [0.05, 0.1) is 30.0 Å². The number of hydrogen-bond acceptors (Lipinski definition) is 4. The SMILES string of the molecule is O=C(Nc1ccccc1C(=O)N1CCOCC1)C1CCN(C(=O)c2ccc(C(F)(F)F)cc2)CC1. The molecule has 0 bridgehead atoms. The molecule has 2 saturated heterocycles. The summed E-state index contributed by atoms with van der Waals surface area (Å²) in [5, 5.41) is 2.87. The Hall–Kier alpha value is -3.40. The van der Waals surface area contributed by atoms with Crippen LogP contribution in [0.5, 0.6) is 0 Å². The van der Waals surface area contributed by atoms with E-state index in [2.05, 4.69) is 5.32 Å². The van der Waals surface area contributed by atoms with Crippen LogP contribution in [-0.4, -0.2) is 66.9 Å². The Morgan fingerprint density at radius 1 is 0.829 bits per heavy atom. The zero-order chi connectivity index (χ0) is 25.0. The quantitative estimate of drug-likeness (QED) is 0.711. The second-order valence-electron chi connectivity index (χ2n) is 8.58. The zero-order valence-corrected chi connectivity index (χ0v) is 19.0. The van der Waals surface area contributed by atoms with Gasteiger partial charge in [-0.1, -0.05) is 12.1 Å². The maximum absolute atomic E-state index is 12.9. The third-order valence-corrected chi connectivity index (χ3v) is 6.33. The Morgan fingerprint density at radius 2 is 1.43 bits per heavy atom. The lowest BCUT2D eigenvalue weighted by atomic mass is 9.95. The van der Waals surface area contributed by atoms with Gasteiger partial charge in [0, 0.05) is 37.7 Å². The summed E-state index contributed by atoms with van der Waals surface area (Å²) in [6.45, 7) is 2.56. The minimum Gasteiger partial charge on any atom is -0.378 e. The van der Waals surface area contributed by atoms with Gasteiger partial charge in [0.25, 0.3) is 11.8 Å². The number of likely N-dealkylation sites (tertiary alicyclic amines) is 1. The van der Waals surface area contributed by atoms with E-state index >= 15 is 0 Å². The Morgan fingerprint density at radius 3 is 2.06 bits per heavy atom. The molecule has 0 aliphatic carbocycles. The number of halogens is 3. The van der Waals surface area contributed by atoms with E-state index < -0.39 is 11.7 Å². The minimum atomic E-state index is -4.46. The van der Waals surface area contributed by atoms with Crippen LogP contribution in [0.4, 0.5) is 18.9 Å². The molecule has 4 rings (SSSR count). The van der Waals surface area contributed by atoms with Gasteiger partial charge in [0.2, 0.25) is 5.91 Å². The molecule has 186 valence electrons. The summed E-state index contributed by atoms with van der Waals surface area (Å²) in [5.74, 6) is -1.10. The van der Waals surface area contributed by atoms with E-state index in [1.54, 1.807) is 34.1 Å². The first-order valence-electron chi connectivity index (χ1n) is 11.5. The molecule has 2 fully saturated rings. The highest BCUT2D eigenvalue weighted by Gasteiger charge is 2.32. The maximum atomic E-state index is 12.9. The van der Waals surface area contributed by atoms with Crippen LogP contribution in [0.15, 0.2) is 48.5 Å². The van der Waals surface area contributed by atoms with Gasteiger partial charge in [-0.2, -0.15) is 13.2 Å². The number of anilines is 1. The Kier molecular flexibility index (Phi) is 7.39. The van der Waals surface area contributed by atoms with Gasteiger partial charge in [-0.3, -0.25) is 14.4 Å². The van der Waals surface area contributed by atoms with Crippen molar-refractivity contribution in [2.75, 3.05) is 44.7 Å². The molecule has 0 atom stereocenters. The molecular formula is C25H26F3N3O4. The second-order valence-corrected chi connectivity index (χ2v) is 8.58. The van der Waals surface area contributed by atoms with Crippen molar-refractivity contribution >= 4 is 23.4 Å². The Labute approximate surface area is 200 Å². The fourth-order valence-electron chi connectivity index (χ4n) is 4.28. The molecule has 0 unspecified atom stereocenters. The smallest absolute Gasteiger partial charge is 0.378 e. The van der Waals surface area contributed by atoms with E-state index in [9.17, 15) is 27.6 Å². The number of rotatable bonds is 4. The first-order chi connectivity index (χ1) is 16.7. The summed E-state index contributed by atoms with van der Waals surface area (Å²) >= 11 is 0. The average molecular weight is 489 g/mol. The number of ether oxygens (including phenoxy) is 1. The summed E-state index contributed by atoms with van der Waals surface area (Å²) < 4.78 is 43.6. The third kappa shape index (κ3) is 5.82. The van der Waals surface area contributed by atoms with Gasteiger partial charge in [0.1, 0.15) is 0 Å². The zero-order valence-electron chi connectivity index (χ0n) is 19.0. The minimum absolute atomic E-state index is 0.166. The number of morpholine rings is 1. The maximum Gasteiger partial charge on any atom is 0.416 e. The highest BCUT2D eigenvalue weighted by atomic mass is 19.4. The van der Waals surface area contributed by atoms with Crippen LogP contribution < -0.4 is 5.32 Å². The van der Waals surface area contributed by atoms with Crippen molar-refractivity contribution in [2.45, 2.75) is 19.0 Å². The predicted molar refractivity (Wildman–Crippen MR) is 122 cm³/mol. The predicted octanol–water partition coefficient (Wildman–Crippen LogP) is 3.67. The molecule has 2 aliphatic rings. The van der Waals surface area contributed by atoms with Gasteiger partial charge in [0.15, 0.2) is 0 Å². The number of hydrogen-bond donors (Lipinski definition) is 1. The van der Waals surface area contributed by atoms with Gasteiger partial charge < -0.3 is 19.9 Å². The number of amides is 3. The molecule has 0 radical (unpaired) electrons. The largest absolute Gasteiger partial charge is 0.416 e. The normalized spacial score (nSPS) is 17.2.